The summed E-state index contributed by atoms with van der Waals surface area (Å²) in [5.74, 6) is 0. The first-order valence-electron chi connectivity index (χ1n) is 5.21. The third-order valence-electron chi connectivity index (χ3n) is 2.34. The number of rotatable bonds is 4. The van der Waals surface area contributed by atoms with Gasteiger partial charge in [0.25, 0.3) is 0 Å². The minimum atomic E-state index is -0.861. The number of carbonyl (C=O) groups excluding carboxylic acids is 1. The van der Waals surface area contributed by atoms with Crippen LogP contribution < -0.4 is 5.73 Å². The van der Waals surface area contributed by atoms with Gasteiger partial charge in [0.2, 0.25) is 0 Å². The number of amides is 1. The molecule has 0 saturated heterocycles. The van der Waals surface area contributed by atoms with E-state index in [4.69, 9.17) is 22.1 Å². The Balaban J connectivity index is 2.25. The van der Waals surface area contributed by atoms with Gasteiger partial charge in [0.15, 0.2) is 0 Å². The van der Waals surface area contributed by atoms with Gasteiger partial charge in [0.1, 0.15) is 6.10 Å². The van der Waals surface area contributed by atoms with Crippen molar-refractivity contribution in [3.8, 4) is 0 Å². The van der Waals surface area contributed by atoms with Crippen molar-refractivity contribution in [2.75, 3.05) is 0 Å². The summed E-state index contributed by atoms with van der Waals surface area (Å²) in [4.78, 5) is 10.9. The van der Waals surface area contributed by atoms with Crippen LogP contribution in [0.1, 0.15) is 11.7 Å². The van der Waals surface area contributed by atoms with Crippen LogP contribution in [-0.2, 0) is 11.3 Å². The standard InChI is InChI=1S/C11H11ClN4O2/c12-9-4-2-1-3-8(9)10(18-11(13)17)7-16-6-5-14-15-16/h1-6,10H,7H2,(H2,13,17)/t10-/m0/s1. The Kier molecular flexibility index (Phi) is 3.78. The van der Waals surface area contributed by atoms with Crippen LogP contribution >= 0.6 is 11.6 Å². The van der Waals surface area contributed by atoms with E-state index in [9.17, 15) is 4.79 Å². The molecule has 0 spiro atoms. The van der Waals surface area contributed by atoms with Gasteiger partial charge in [-0.2, -0.15) is 0 Å². The van der Waals surface area contributed by atoms with E-state index in [1.807, 2.05) is 0 Å². The second kappa shape index (κ2) is 5.50. The zero-order valence-corrected chi connectivity index (χ0v) is 10.1. The fraction of sp³-hybridized carbons (Fsp3) is 0.182. The van der Waals surface area contributed by atoms with Crippen LogP contribution in [0, 0.1) is 0 Å². The second-order valence-corrected chi connectivity index (χ2v) is 3.98. The summed E-state index contributed by atoms with van der Waals surface area (Å²) in [5.41, 5.74) is 5.73. The van der Waals surface area contributed by atoms with Crippen molar-refractivity contribution in [2.45, 2.75) is 12.6 Å². The molecule has 0 aliphatic rings. The van der Waals surface area contributed by atoms with Crippen molar-refractivity contribution in [3.05, 3.63) is 47.2 Å². The van der Waals surface area contributed by atoms with Gasteiger partial charge >= 0.3 is 6.09 Å². The summed E-state index contributed by atoms with van der Waals surface area (Å²) >= 11 is 6.07. The van der Waals surface area contributed by atoms with Crippen molar-refractivity contribution >= 4 is 17.7 Å². The molecule has 0 unspecified atom stereocenters. The van der Waals surface area contributed by atoms with Crippen LogP contribution in [0.2, 0.25) is 5.02 Å². The van der Waals surface area contributed by atoms with Crippen LogP contribution in [0.15, 0.2) is 36.7 Å². The SMILES string of the molecule is NC(=O)O[C@@H](Cn1ccnn1)c1ccccc1Cl. The Labute approximate surface area is 108 Å². The van der Waals surface area contributed by atoms with Gasteiger partial charge in [-0.1, -0.05) is 35.0 Å². The summed E-state index contributed by atoms with van der Waals surface area (Å²) in [6.07, 6.45) is 1.74. The van der Waals surface area contributed by atoms with Crippen molar-refractivity contribution < 1.29 is 9.53 Å². The first-order chi connectivity index (χ1) is 8.66. The molecule has 18 heavy (non-hydrogen) atoms. The lowest BCUT2D eigenvalue weighted by atomic mass is 10.1. The minimum Gasteiger partial charge on any atom is -0.439 e. The molecule has 0 aliphatic carbocycles. The average molecular weight is 267 g/mol. The molecule has 1 heterocycles. The first kappa shape index (κ1) is 12.4. The number of hydrogen-bond donors (Lipinski definition) is 1. The number of ether oxygens (including phenoxy) is 1. The van der Waals surface area contributed by atoms with Crippen molar-refractivity contribution in [1.82, 2.24) is 15.0 Å². The second-order valence-electron chi connectivity index (χ2n) is 3.57. The lowest BCUT2D eigenvalue weighted by molar-refractivity contribution is 0.0930. The van der Waals surface area contributed by atoms with Crippen LogP contribution in [-0.4, -0.2) is 21.1 Å². The smallest absolute Gasteiger partial charge is 0.405 e. The summed E-state index contributed by atoms with van der Waals surface area (Å²) < 4.78 is 6.59. The van der Waals surface area contributed by atoms with Gasteiger partial charge in [0, 0.05) is 16.8 Å². The number of benzene rings is 1. The third kappa shape index (κ3) is 2.98. The molecule has 1 aromatic carbocycles. The zero-order valence-electron chi connectivity index (χ0n) is 9.36. The molecule has 0 saturated carbocycles. The predicted molar refractivity (Wildman–Crippen MR) is 64.9 cm³/mol. The Hall–Kier alpha value is -2.08. The molecule has 6 nitrogen and oxygen atoms in total. The Bertz CT molecular complexity index is 530. The molecular weight excluding hydrogens is 256 g/mol. The van der Waals surface area contributed by atoms with E-state index in [0.717, 1.165) is 0 Å². The van der Waals surface area contributed by atoms with Gasteiger partial charge < -0.3 is 10.5 Å². The molecule has 1 aromatic heterocycles. The summed E-state index contributed by atoms with van der Waals surface area (Å²) in [6.45, 7) is 0.298. The molecule has 1 atom stereocenters. The Morgan fingerprint density at radius 1 is 1.50 bits per heavy atom. The number of hydrogen-bond acceptors (Lipinski definition) is 4. The Morgan fingerprint density at radius 2 is 2.28 bits per heavy atom. The first-order valence-corrected chi connectivity index (χ1v) is 5.59. The van der Waals surface area contributed by atoms with Gasteiger partial charge in [0.05, 0.1) is 12.7 Å². The fourth-order valence-electron chi connectivity index (χ4n) is 1.58. The summed E-state index contributed by atoms with van der Waals surface area (Å²) in [5, 5.41) is 7.99. The number of nitrogens with two attached hydrogens (primary N) is 1. The van der Waals surface area contributed by atoms with E-state index in [1.165, 1.54) is 10.9 Å². The number of nitrogens with zero attached hydrogens (tertiary/aromatic N) is 3. The molecule has 0 radical (unpaired) electrons. The van der Waals surface area contributed by atoms with E-state index in [2.05, 4.69) is 10.3 Å². The Morgan fingerprint density at radius 3 is 2.89 bits per heavy atom. The highest BCUT2D eigenvalue weighted by molar-refractivity contribution is 6.31. The molecule has 2 N–H and O–H groups in total. The molecule has 2 aromatic rings. The molecule has 1 amide bonds. The molecule has 2 rings (SSSR count). The molecular formula is C11H11ClN4O2. The zero-order chi connectivity index (χ0) is 13.0. The highest BCUT2D eigenvalue weighted by atomic mass is 35.5. The molecule has 0 bridgehead atoms. The largest absolute Gasteiger partial charge is 0.439 e. The summed E-state index contributed by atoms with van der Waals surface area (Å²) in [7, 11) is 0. The maximum Gasteiger partial charge on any atom is 0.405 e. The van der Waals surface area contributed by atoms with Crippen molar-refractivity contribution in [3.63, 3.8) is 0 Å². The van der Waals surface area contributed by atoms with Crippen molar-refractivity contribution in [2.24, 2.45) is 5.73 Å². The highest BCUT2D eigenvalue weighted by Crippen LogP contribution is 2.26. The van der Waals surface area contributed by atoms with E-state index < -0.39 is 12.2 Å². The topological polar surface area (TPSA) is 83.0 Å². The van der Waals surface area contributed by atoms with Gasteiger partial charge in [-0.15, -0.1) is 5.10 Å². The maximum atomic E-state index is 10.9. The third-order valence-corrected chi connectivity index (χ3v) is 2.68. The minimum absolute atomic E-state index is 0.298. The maximum absolute atomic E-state index is 10.9. The van der Waals surface area contributed by atoms with E-state index >= 15 is 0 Å². The predicted octanol–water partition coefficient (Wildman–Crippen LogP) is 1.77. The summed E-state index contributed by atoms with van der Waals surface area (Å²) in [6, 6.07) is 7.09. The van der Waals surface area contributed by atoms with Gasteiger partial charge in [-0.05, 0) is 6.07 Å². The van der Waals surface area contributed by atoms with Crippen LogP contribution in [0.5, 0.6) is 0 Å². The molecule has 0 aliphatic heterocycles. The monoisotopic (exact) mass is 266 g/mol. The van der Waals surface area contributed by atoms with Gasteiger partial charge in [-0.3, -0.25) is 0 Å². The fourth-order valence-corrected chi connectivity index (χ4v) is 1.83. The quantitative estimate of drug-likeness (QED) is 0.914. The lowest BCUT2D eigenvalue weighted by Crippen LogP contribution is -2.21. The van der Waals surface area contributed by atoms with E-state index in [0.29, 0.717) is 17.1 Å². The highest BCUT2D eigenvalue weighted by Gasteiger charge is 2.19. The number of primary amides is 1. The normalized spacial score (nSPS) is 12.1. The number of aromatic nitrogens is 3. The van der Waals surface area contributed by atoms with Crippen LogP contribution in [0.4, 0.5) is 4.79 Å². The molecule has 94 valence electrons. The number of halogens is 1. The number of carbonyl (C=O) groups is 1. The average Bonchev–Trinajstić information content (AvgIpc) is 2.81. The van der Waals surface area contributed by atoms with Gasteiger partial charge in [-0.25, -0.2) is 9.48 Å². The van der Waals surface area contributed by atoms with E-state index in [-0.39, 0.29) is 0 Å². The van der Waals surface area contributed by atoms with Crippen LogP contribution in [0.25, 0.3) is 0 Å². The van der Waals surface area contributed by atoms with Crippen LogP contribution in [0.3, 0.4) is 0 Å². The van der Waals surface area contributed by atoms with E-state index in [1.54, 1.807) is 30.5 Å². The lowest BCUT2D eigenvalue weighted by Gasteiger charge is -2.17. The molecule has 7 heteroatoms. The van der Waals surface area contributed by atoms with Crippen molar-refractivity contribution in [1.29, 1.82) is 0 Å². The molecule has 0 fully saturated rings.